The van der Waals surface area contributed by atoms with Crippen LogP contribution in [0, 0.1) is 0 Å². The van der Waals surface area contributed by atoms with Crippen LogP contribution in [0.4, 0.5) is 0 Å². The number of alkyl halides is 1. The van der Waals surface area contributed by atoms with Crippen molar-refractivity contribution in [1.29, 1.82) is 0 Å². The molecule has 2 atom stereocenters. The van der Waals surface area contributed by atoms with E-state index < -0.39 is 6.10 Å². The summed E-state index contributed by atoms with van der Waals surface area (Å²) in [5.41, 5.74) is 0. The molecule has 1 heterocycles. The average Bonchev–Trinajstić information content (AvgIpc) is 2.44. The van der Waals surface area contributed by atoms with Gasteiger partial charge in [0.15, 0.2) is 11.5 Å². The van der Waals surface area contributed by atoms with Gasteiger partial charge in [-0.25, -0.2) is 0 Å². The number of likely N-dealkylation sites (N-methyl/N-ethyl adjacent to an activating group) is 1. The van der Waals surface area contributed by atoms with E-state index in [4.69, 9.17) is 21.1 Å². The minimum atomic E-state index is -0.601. The van der Waals surface area contributed by atoms with Crippen molar-refractivity contribution in [3.63, 3.8) is 0 Å². The van der Waals surface area contributed by atoms with Gasteiger partial charge in [-0.2, -0.15) is 0 Å². The molecule has 1 aliphatic heterocycles. The number of nitrogens with zero attached hydrogens (tertiary/aromatic N) is 1. The van der Waals surface area contributed by atoms with Gasteiger partial charge in [0.05, 0.1) is 0 Å². The number of carbonyl (C=O) groups is 1. The van der Waals surface area contributed by atoms with Crippen molar-refractivity contribution in [2.24, 2.45) is 0 Å². The van der Waals surface area contributed by atoms with E-state index in [1.165, 1.54) is 0 Å². The van der Waals surface area contributed by atoms with Crippen LogP contribution >= 0.6 is 11.6 Å². The van der Waals surface area contributed by atoms with Gasteiger partial charge in [-0.3, -0.25) is 4.79 Å². The summed E-state index contributed by atoms with van der Waals surface area (Å²) in [5, 5.41) is 0. The monoisotopic (exact) mass is 269 g/mol. The van der Waals surface area contributed by atoms with Crippen molar-refractivity contribution >= 4 is 17.5 Å². The molecular formula is C13H16ClNO3. The fourth-order valence-corrected chi connectivity index (χ4v) is 1.90. The van der Waals surface area contributed by atoms with Gasteiger partial charge in [0.2, 0.25) is 6.10 Å². The smallest absolute Gasteiger partial charge is 0.267 e. The molecule has 1 aromatic rings. The molecule has 0 bridgehead atoms. The summed E-state index contributed by atoms with van der Waals surface area (Å²) in [7, 11) is 1.72. The molecule has 2 unspecified atom stereocenters. The van der Waals surface area contributed by atoms with Crippen LogP contribution in [-0.4, -0.2) is 42.5 Å². The zero-order valence-electron chi connectivity index (χ0n) is 10.4. The lowest BCUT2D eigenvalue weighted by Gasteiger charge is -2.31. The Morgan fingerprint density at radius 1 is 1.50 bits per heavy atom. The van der Waals surface area contributed by atoms with E-state index in [0.717, 1.165) is 0 Å². The zero-order valence-corrected chi connectivity index (χ0v) is 11.2. The van der Waals surface area contributed by atoms with Crippen molar-refractivity contribution in [3.8, 4) is 11.5 Å². The third kappa shape index (κ3) is 2.53. The maximum absolute atomic E-state index is 12.2. The Bertz CT molecular complexity index is 438. The first-order valence-electron chi connectivity index (χ1n) is 5.84. The number of amides is 1. The first kappa shape index (κ1) is 13.0. The maximum atomic E-state index is 12.2. The minimum Gasteiger partial charge on any atom is -0.485 e. The number of halogens is 1. The molecule has 0 fully saturated rings. The quantitative estimate of drug-likeness (QED) is 0.787. The van der Waals surface area contributed by atoms with E-state index in [-0.39, 0.29) is 18.6 Å². The predicted octanol–water partition coefficient (Wildman–Crippen LogP) is 1.91. The number of rotatable bonds is 3. The molecular weight excluding hydrogens is 254 g/mol. The largest absolute Gasteiger partial charge is 0.485 e. The molecule has 18 heavy (non-hydrogen) atoms. The molecule has 1 amide bonds. The van der Waals surface area contributed by atoms with E-state index in [9.17, 15) is 4.79 Å². The molecule has 1 aromatic carbocycles. The summed E-state index contributed by atoms with van der Waals surface area (Å²) >= 11 is 5.74. The molecule has 5 heteroatoms. The van der Waals surface area contributed by atoms with E-state index in [1.54, 1.807) is 18.0 Å². The highest BCUT2D eigenvalue weighted by Gasteiger charge is 2.31. The summed E-state index contributed by atoms with van der Waals surface area (Å²) in [4.78, 5) is 13.8. The lowest BCUT2D eigenvalue weighted by molar-refractivity contribution is -0.141. The van der Waals surface area contributed by atoms with E-state index in [1.807, 2.05) is 25.1 Å². The van der Waals surface area contributed by atoms with E-state index >= 15 is 0 Å². The average molecular weight is 270 g/mol. The van der Waals surface area contributed by atoms with Crippen molar-refractivity contribution in [2.45, 2.75) is 19.1 Å². The third-order valence-corrected chi connectivity index (χ3v) is 3.46. The van der Waals surface area contributed by atoms with Crippen molar-refractivity contribution < 1.29 is 14.3 Å². The lowest BCUT2D eigenvalue weighted by Crippen LogP contribution is -2.48. The van der Waals surface area contributed by atoms with Gasteiger partial charge in [-0.1, -0.05) is 12.1 Å². The van der Waals surface area contributed by atoms with E-state index in [0.29, 0.717) is 17.4 Å². The Morgan fingerprint density at radius 3 is 2.83 bits per heavy atom. The second-order valence-electron chi connectivity index (χ2n) is 4.32. The molecule has 0 radical (unpaired) electrons. The fraction of sp³-hybridized carbons (Fsp3) is 0.462. The Balaban J connectivity index is 2.07. The summed E-state index contributed by atoms with van der Waals surface area (Å²) < 4.78 is 11.2. The third-order valence-electron chi connectivity index (χ3n) is 3.02. The molecule has 0 spiro atoms. The molecule has 0 aliphatic carbocycles. The molecule has 2 rings (SSSR count). The Labute approximate surface area is 111 Å². The molecule has 0 aromatic heterocycles. The number of hydrogen-bond acceptors (Lipinski definition) is 3. The van der Waals surface area contributed by atoms with Crippen LogP contribution in [-0.2, 0) is 4.79 Å². The summed E-state index contributed by atoms with van der Waals surface area (Å²) in [6.45, 7) is 2.12. The van der Waals surface area contributed by atoms with Crippen molar-refractivity contribution in [1.82, 2.24) is 4.90 Å². The lowest BCUT2D eigenvalue weighted by atomic mass is 10.2. The molecule has 1 aliphatic rings. The number of carbonyl (C=O) groups excluding carboxylic acids is 1. The highest BCUT2D eigenvalue weighted by molar-refractivity contribution is 6.18. The molecule has 0 saturated carbocycles. The number of fused-ring (bicyclic) bond motifs is 1. The highest BCUT2D eigenvalue weighted by Crippen LogP contribution is 2.31. The van der Waals surface area contributed by atoms with Gasteiger partial charge in [-0.05, 0) is 19.1 Å². The topological polar surface area (TPSA) is 38.8 Å². The normalized spacial score (nSPS) is 19.2. The number of para-hydroxylation sites is 2. The number of hydrogen-bond donors (Lipinski definition) is 0. The summed E-state index contributed by atoms with van der Waals surface area (Å²) in [6.07, 6.45) is -0.601. The first-order valence-corrected chi connectivity index (χ1v) is 6.38. The predicted molar refractivity (Wildman–Crippen MR) is 69.3 cm³/mol. The SMILES string of the molecule is CC(CCl)N(C)C(=O)C1COc2ccccc2O1. The van der Waals surface area contributed by atoms with Gasteiger partial charge < -0.3 is 14.4 Å². The van der Waals surface area contributed by atoms with Gasteiger partial charge >= 0.3 is 0 Å². The number of ether oxygens (including phenoxy) is 2. The maximum Gasteiger partial charge on any atom is 0.267 e. The minimum absolute atomic E-state index is 0.0278. The van der Waals surface area contributed by atoms with Crippen LogP contribution < -0.4 is 9.47 Å². The van der Waals surface area contributed by atoms with Gasteiger partial charge in [0.1, 0.15) is 6.61 Å². The molecule has 4 nitrogen and oxygen atoms in total. The Morgan fingerprint density at radius 2 is 2.17 bits per heavy atom. The molecule has 98 valence electrons. The fourth-order valence-electron chi connectivity index (χ4n) is 1.69. The van der Waals surface area contributed by atoms with Crippen molar-refractivity contribution in [3.05, 3.63) is 24.3 Å². The summed E-state index contributed by atoms with van der Waals surface area (Å²) in [6, 6.07) is 7.30. The van der Waals surface area contributed by atoms with Crippen LogP contribution in [0.5, 0.6) is 11.5 Å². The van der Waals surface area contributed by atoms with Crippen LogP contribution in [0.1, 0.15) is 6.92 Å². The van der Waals surface area contributed by atoms with Crippen LogP contribution in [0.25, 0.3) is 0 Å². The second-order valence-corrected chi connectivity index (χ2v) is 4.63. The highest BCUT2D eigenvalue weighted by atomic mass is 35.5. The van der Waals surface area contributed by atoms with Crippen molar-refractivity contribution in [2.75, 3.05) is 19.5 Å². The molecule has 0 N–H and O–H groups in total. The zero-order chi connectivity index (χ0) is 13.1. The molecule has 0 saturated heterocycles. The van der Waals surface area contributed by atoms with Gasteiger partial charge in [0, 0.05) is 19.0 Å². The van der Waals surface area contributed by atoms with Crippen LogP contribution in [0.2, 0.25) is 0 Å². The summed E-state index contributed by atoms with van der Waals surface area (Å²) in [5.74, 6) is 1.56. The standard InChI is InChI=1S/C13H16ClNO3/c1-9(7-14)15(2)13(16)12-8-17-10-5-3-4-6-11(10)18-12/h3-6,9,12H,7-8H2,1-2H3. The first-order chi connectivity index (χ1) is 8.63. The van der Waals surface area contributed by atoms with Crippen LogP contribution in [0.15, 0.2) is 24.3 Å². The van der Waals surface area contributed by atoms with Gasteiger partial charge in [0.25, 0.3) is 5.91 Å². The second kappa shape index (κ2) is 5.48. The van der Waals surface area contributed by atoms with E-state index in [2.05, 4.69) is 0 Å². The Hall–Kier alpha value is -1.42. The van der Waals surface area contributed by atoms with Gasteiger partial charge in [-0.15, -0.1) is 11.6 Å². The number of benzene rings is 1. The Kier molecular flexibility index (Phi) is 3.97. The van der Waals surface area contributed by atoms with Crippen LogP contribution in [0.3, 0.4) is 0 Å².